The van der Waals surface area contributed by atoms with Crippen molar-refractivity contribution in [2.45, 2.75) is 26.3 Å². The number of hydrogen-bond donors (Lipinski definition) is 3. The zero-order chi connectivity index (χ0) is 14.5. The lowest BCUT2D eigenvalue weighted by atomic mass is 10.1. The fourth-order valence-electron chi connectivity index (χ4n) is 1.29. The number of carbonyl (C=O) groups is 1. The van der Waals surface area contributed by atoms with Crippen molar-refractivity contribution >= 4 is 28.9 Å². The molecule has 0 saturated heterocycles. The van der Waals surface area contributed by atoms with Gasteiger partial charge in [0.1, 0.15) is 17.3 Å². The van der Waals surface area contributed by atoms with Crippen molar-refractivity contribution in [1.82, 2.24) is 5.32 Å². The van der Waals surface area contributed by atoms with Gasteiger partial charge in [0.2, 0.25) is 0 Å². The number of amides is 2. The third kappa shape index (κ3) is 6.61. The zero-order valence-electron chi connectivity index (χ0n) is 11.3. The minimum atomic E-state index is -0.274. The molecule has 1 rings (SSSR count). The Hall–Kier alpha value is -1.82. The third-order valence-corrected chi connectivity index (χ3v) is 2.10. The van der Waals surface area contributed by atoms with Crippen molar-refractivity contribution in [2.24, 2.45) is 5.73 Å². The van der Waals surface area contributed by atoms with E-state index in [0.29, 0.717) is 16.4 Å². The van der Waals surface area contributed by atoms with Gasteiger partial charge in [-0.15, -0.1) is 0 Å². The van der Waals surface area contributed by atoms with Crippen molar-refractivity contribution < 1.29 is 9.53 Å². The molecule has 4 N–H and O–H groups in total. The molecule has 0 radical (unpaired) electrons. The van der Waals surface area contributed by atoms with Crippen LogP contribution in [0.5, 0.6) is 5.75 Å². The maximum absolute atomic E-state index is 11.6. The first kappa shape index (κ1) is 15.2. The summed E-state index contributed by atoms with van der Waals surface area (Å²) in [5, 5.41) is 5.54. The van der Waals surface area contributed by atoms with Crippen molar-refractivity contribution in [1.29, 1.82) is 0 Å². The van der Waals surface area contributed by atoms with Gasteiger partial charge in [-0.25, -0.2) is 4.79 Å². The summed E-state index contributed by atoms with van der Waals surface area (Å²) in [6.45, 7) is 5.95. The molecule has 0 aliphatic heterocycles. The van der Waals surface area contributed by atoms with Crippen LogP contribution in [-0.2, 0) is 0 Å². The molecule has 1 aromatic rings. The SMILES string of the molecule is CC(C)(C)NC(=O)Nc1ccc(OCC(N)=S)cc1. The Bertz CT molecular complexity index is 452. The van der Waals surface area contributed by atoms with Gasteiger partial charge in [-0.05, 0) is 45.0 Å². The van der Waals surface area contributed by atoms with Gasteiger partial charge < -0.3 is 21.1 Å². The highest BCUT2D eigenvalue weighted by molar-refractivity contribution is 7.80. The van der Waals surface area contributed by atoms with Gasteiger partial charge in [0.15, 0.2) is 0 Å². The minimum Gasteiger partial charge on any atom is -0.487 e. The molecule has 0 aliphatic rings. The van der Waals surface area contributed by atoms with E-state index in [4.69, 9.17) is 22.7 Å². The summed E-state index contributed by atoms with van der Waals surface area (Å²) in [4.78, 5) is 11.9. The second kappa shape index (κ2) is 6.38. The van der Waals surface area contributed by atoms with E-state index in [1.807, 2.05) is 20.8 Å². The van der Waals surface area contributed by atoms with Crippen LogP contribution in [0.25, 0.3) is 0 Å². The maximum atomic E-state index is 11.6. The Morgan fingerprint density at radius 2 is 1.89 bits per heavy atom. The lowest BCUT2D eigenvalue weighted by Gasteiger charge is -2.20. The van der Waals surface area contributed by atoms with Gasteiger partial charge >= 0.3 is 6.03 Å². The van der Waals surface area contributed by atoms with Gasteiger partial charge in [0.05, 0.1) is 0 Å². The van der Waals surface area contributed by atoms with Crippen LogP contribution in [0.4, 0.5) is 10.5 Å². The molecule has 19 heavy (non-hydrogen) atoms. The summed E-state index contributed by atoms with van der Waals surface area (Å²) in [6, 6.07) is 6.73. The predicted octanol–water partition coefficient (Wildman–Crippen LogP) is 2.27. The average Bonchev–Trinajstić information content (AvgIpc) is 2.25. The number of benzene rings is 1. The molecule has 2 amide bonds. The lowest BCUT2D eigenvalue weighted by Crippen LogP contribution is -2.43. The molecule has 0 spiro atoms. The van der Waals surface area contributed by atoms with Crippen LogP contribution in [0.15, 0.2) is 24.3 Å². The summed E-state index contributed by atoms with van der Waals surface area (Å²) in [5.74, 6) is 0.648. The molecule has 6 heteroatoms. The summed E-state index contributed by atoms with van der Waals surface area (Å²) in [5.41, 5.74) is 5.75. The average molecular weight is 281 g/mol. The molecule has 0 saturated carbocycles. The second-order valence-corrected chi connectivity index (χ2v) is 5.63. The van der Waals surface area contributed by atoms with E-state index in [1.165, 1.54) is 0 Å². The molecular weight excluding hydrogens is 262 g/mol. The topological polar surface area (TPSA) is 76.4 Å². The molecule has 0 atom stereocenters. The van der Waals surface area contributed by atoms with Gasteiger partial charge in [0.25, 0.3) is 0 Å². The first-order valence-corrected chi connectivity index (χ1v) is 6.27. The number of thiocarbonyl (C=S) groups is 1. The zero-order valence-corrected chi connectivity index (χ0v) is 12.1. The first-order chi connectivity index (χ1) is 8.76. The van der Waals surface area contributed by atoms with Crippen LogP contribution in [0.3, 0.4) is 0 Å². The quantitative estimate of drug-likeness (QED) is 0.740. The van der Waals surface area contributed by atoms with Crippen LogP contribution in [0.1, 0.15) is 20.8 Å². The van der Waals surface area contributed by atoms with Crippen molar-refractivity contribution in [3.63, 3.8) is 0 Å². The molecular formula is C13H19N3O2S. The number of carbonyl (C=O) groups excluding carboxylic acids is 1. The number of rotatable bonds is 4. The number of ether oxygens (including phenoxy) is 1. The van der Waals surface area contributed by atoms with E-state index in [-0.39, 0.29) is 18.2 Å². The van der Waals surface area contributed by atoms with Crippen LogP contribution in [-0.4, -0.2) is 23.2 Å². The predicted molar refractivity (Wildman–Crippen MR) is 80.6 cm³/mol. The fraction of sp³-hybridized carbons (Fsp3) is 0.385. The van der Waals surface area contributed by atoms with Gasteiger partial charge in [-0.2, -0.15) is 0 Å². The molecule has 0 bridgehead atoms. The largest absolute Gasteiger partial charge is 0.487 e. The van der Waals surface area contributed by atoms with E-state index in [2.05, 4.69) is 10.6 Å². The Morgan fingerprint density at radius 3 is 2.37 bits per heavy atom. The van der Waals surface area contributed by atoms with Crippen molar-refractivity contribution in [3.8, 4) is 5.75 Å². The number of hydrogen-bond acceptors (Lipinski definition) is 3. The standard InChI is InChI=1S/C13H19N3O2S/c1-13(2,3)16-12(17)15-9-4-6-10(7-5-9)18-8-11(14)19/h4-7H,8H2,1-3H3,(H2,14,19)(H2,15,16,17). The van der Waals surface area contributed by atoms with E-state index < -0.39 is 0 Å². The van der Waals surface area contributed by atoms with Crippen LogP contribution >= 0.6 is 12.2 Å². The van der Waals surface area contributed by atoms with E-state index in [0.717, 1.165) is 0 Å². The Labute approximate surface area is 118 Å². The summed E-state index contributed by atoms with van der Waals surface area (Å²) in [6.07, 6.45) is 0. The highest BCUT2D eigenvalue weighted by Crippen LogP contribution is 2.15. The highest BCUT2D eigenvalue weighted by Gasteiger charge is 2.13. The number of nitrogens with one attached hydrogen (secondary N) is 2. The molecule has 0 aromatic heterocycles. The number of anilines is 1. The van der Waals surface area contributed by atoms with E-state index in [1.54, 1.807) is 24.3 Å². The van der Waals surface area contributed by atoms with Gasteiger partial charge in [-0.3, -0.25) is 0 Å². The van der Waals surface area contributed by atoms with Crippen molar-refractivity contribution in [3.05, 3.63) is 24.3 Å². The molecule has 5 nitrogen and oxygen atoms in total. The first-order valence-electron chi connectivity index (χ1n) is 5.86. The summed E-state index contributed by atoms with van der Waals surface area (Å²) < 4.78 is 5.31. The third-order valence-electron chi connectivity index (χ3n) is 1.98. The maximum Gasteiger partial charge on any atom is 0.319 e. The molecule has 0 fully saturated rings. The summed E-state index contributed by atoms with van der Waals surface area (Å²) >= 11 is 4.72. The van der Waals surface area contributed by atoms with Crippen LogP contribution in [0, 0.1) is 0 Å². The second-order valence-electron chi connectivity index (χ2n) is 5.11. The minimum absolute atomic E-state index is 0.201. The Morgan fingerprint density at radius 1 is 1.32 bits per heavy atom. The smallest absolute Gasteiger partial charge is 0.319 e. The Balaban J connectivity index is 2.52. The number of urea groups is 1. The van der Waals surface area contributed by atoms with Crippen LogP contribution < -0.4 is 21.1 Å². The van der Waals surface area contributed by atoms with Crippen LogP contribution in [0.2, 0.25) is 0 Å². The van der Waals surface area contributed by atoms with Gasteiger partial charge in [-0.1, -0.05) is 12.2 Å². The fourth-order valence-corrected chi connectivity index (χ4v) is 1.35. The summed E-state index contributed by atoms with van der Waals surface area (Å²) in [7, 11) is 0. The number of nitrogens with two attached hydrogens (primary N) is 1. The van der Waals surface area contributed by atoms with Gasteiger partial charge in [0, 0.05) is 11.2 Å². The molecule has 0 unspecified atom stereocenters. The lowest BCUT2D eigenvalue weighted by molar-refractivity contribution is 0.244. The molecule has 104 valence electrons. The van der Waals surface area contributed by atoms with E-state index >= 15 is 0 Å². The van der Waals surface area contributed by atoms with E-state index in [9.17, 15) is 4.79 Å². The molecule has 0 aliphatic carbocycles. The normalized spacial score (nSPS) is 10.7. The molecule has 0 heterocycles. The Kier molecular flexibility index (Phi) is 5.11. The monoisotopic (exact) mass is 281 g/mol. The highest BCUT2D eigenvalue weighted by atomic mass is 32.1. The molecule has 1 aromatic carbocycles. The van der Waals surface area contributed by atoms with Crippen molar-refractivity contribution in [2.75, 3.05) is 11.9 Å².